The van der Waals surface area contributed by atoms with E-state index in [0.717, 1.165) is 28.4 Å². The van der Waals surface area contributed by atoms with Gasteiger partial charge in [0.15, 0.2) is 0 Å². The van der Waals surface area contributed by atoms with Crippen molar-refractivity contribution in [3.63, 3.8) is 0 Å². The Morgan fingerprint density at radius 1 is 1.35 bits per heavy atom. The molecule has 3 rings (SSSR count). The molecule has 0 aromatic carbocycles. The molecule has 0 aromatic heterocycles. The van der Waals surface area contributed by atoms with Crippen molar-refractivity contribution in [3.8, 4) is 12.3 Å². The summed E-state index contributed by atoms with van der Waals surface area (Å²) in [5.41, 5.74) is 8.91. The predicted octanol–water partition coefficient (Wildman–Crippen LogP) is 7.02. The summed E-state index contributed by atoms with van der Waals surface area (Å²) >= 11 is 2.31. The first kappa shape index (κ1) is 19.0. The minimum atomic E-state index is 0.387. The molecule has 0 amide bonds. The van der Waals surface area contributed by atoms with E-state index in [9.17, 15) is 0 Å². The van der Waals surface area contributed by atoms with Gasteiger partial charge in [0.1, 0.15) is 0 Å². The van der Waals surface area contributed by atoms with Crippen LogP contribution in [0.5, 0.6) is 0 Å². The fourth-order valence-corrected chi connectivity index (χ4v) is 5.40. The van der Waals surface area contributed by atoms with E-state index >= 15 is 0 Å². The number of fused-ring (bicyclic) bond motifs is 2. The molecule has 0 N–H and O–H groups in total. The zero-order valence-electron chi connectivity index (χ0n) is 15.4. The molecule has 1 saturated carbocycles. The third-order valence-electron chi connectivity index (χ3n) is 6.00. The predicted molar refractivity (Wildman–Crippen MR) is 122 cm³/mol. The molecule has 0 bridgehead atoms. The second kappa shape index (κ2) is 7.45. The van der Waals surface area contributed by atoms with Gasteiger partial charge in [-0.05, 0) is 88.6 Å². The Morgan fingerprint density at radius 3 is 2.73 bits per heavy atom. The fraction of sp³-hybridized carbons (Fsp3) is 0.280. The van der Waals surface area contributed by atoms with E-state index in [1.54, 1.807) is 6.08 Å². The maximum Gasteiger partial charge on any atom is 0.0130 e. The number of halogens is 1. The highest BCUT2D eigenvalue weighted by Gasteiger charge is 2.42. The molecule has 0 heterocycles. The van der Waals surface area contributed by atoms with Crippen LogP contribution < -0.4 is 0 Å². The lowest BCUT2D eigenvalue weighted by Crippen LogP contribution is -2.34. The van der Waals surface area contributed by atoms with E-state index in [-0.39, 0.29) is 0 Å². The molecule has 0 radical (unpaired) electrons. The summed E-state index contributed by atoms with van der Waals surface area (Å²) in [6.45, 7) is 19.7. The zero-order chi connectivity index (χ0) is 19.0. The van der Waals surface area contributed by atoms with Gasteiger partial charge in [0.2, 0.25) is 0 Å². The Hall–Kier alpha value is -1.79. The van der Waals surface area contributed by atoms with Crippen LogP contribution in [-0.2, 0) is 0 Å². The van der Waals surface area contributed by atoms with Crippen molar-refractivity contribution in [2.24, 2.45) is 17.8 Å². The van der Waals surface area contributed by atoms with Crippen LogP contribution in [0.15, 0.2) is 93.2 Å². The Morgan fingerprint density at radius 2 is 2.08 bits per heavy atom. The Labute approximate surface area is 171 Å². The first-order chi connectivity index (χ1) is 12.4. The Bertz CT molecular complexity index is 876. The van der Waals surface area contributed by atoms with Crippen molar-refractivity contribution < 1.29 is 0 Å². The molecule has 132 valence electrons. The van der Waals surface area contributed by atoms with Gasteiger partial charge in [-0.1, -0.05) is 61.6 Å². The van der Waals surface area contributed by atoms with Crippen LogP contribution in [-0.4, -0.2) is 0 Å². The fourth-order valence-electron chi connectivity index (χ4n) is 4.83. The smallest absolute Gasteiger partial charge is 0.0130 e. The highest BCUT2D eigenvalue weighted by Crippen LogP contribution is 2.55. The lowest BCUT2D eigenvalue weighted by atomic mass is 9.59. The van der Waals surface area contributed by atoms with Crippen molar-refractivity contribution in [1.82, 2.24) is 0 Å². The molecule has 1 fully saturated rings. The molecule has 26 heavy (non-hydrogen) atoms. The van der Waals surface area contributed by atoms with Crippen LogP contribution in [0, 0.1) is 30.1 Å². The molecule has 0 aromatic rings. The molecular weight excluding hydrogens is 427 g/mol. The summed E-state index contributed by atoms with van der Waals surface area (Å²) in [7, 11) is 0. The van der Waals surface area contributed by atoms with Crippen LogP contribution in [0.4, 0.5) is 0 Å². The Balaban J connectivity index is 2.06. The number of rotatable bonds is 2. The topological polar surface area (TPSA) is 0 Å². The minimum Gasteiger partial charge on any atom is -0.115 e. The third kappa shape index (κ3) is 3.16. The van der Waals surface area contributed by atoms with Gasteiger partial charge in [-0.2, -0.15) is 0 Å². The van der Waals surface area contributed by atoms with Crippen LogP contribution in [0.3, 0.4) is 0 Å². The first-order valence-electron chi connectivity index (χ1n) is 9.00. The molecule has 0 nitrogen and oxygen atoms in total. The van der Waals surface area contributed by atoms with Gasteiger partial charge in [-0.15, -0.1) is 6.42 Å². The lowest BCUT2D eigenvalue weighted by Gasteiger charge is -2.46. The van der Waals surface area contributed by atoms with Gasteiger partial charge >= 0.3 is 0 Å². The maximum absolute atomic E-state index is 5.32. The molecular formula is C25H25I. The molecule has 0 saturated heterocycles. The summed E-state index contributed by atoms with van der Waals surface area (Å²) in [6, 6.07) is 0. The SMILES string of the molecule is C#C/C=C\C=C1/CC(=C)C2CC3CC=C(C(=C)I)C(=C)C3C(C)=C2C1=C. The summed E-state index contributed by atoms with van der Waals surface area (Å²) in [4.78, 5) is 0. The van der Waals surface area contributed by atoms with Crippen LogP contribution in [0.1, 0.15) is 26.2 Å². The standard InChI is InChI=1S/C25H25I/c1-7-8-9-10-20-13-15(2)23-14-21-11-12-22(19(6)26)17(4)24(21)18(5)25(23)16(20)3/h1,8-10,12,21,23-24H,2-4,6,11,13-14H2,5H3/b9-8-,20-10+. The lowest BCUT2D eigenvalue weighted by molar-refractivity contribution is 0.324. The normalized spacial score (nSPS) is 30.2. The van der Waals surface area contributed by atoms with Gasteiger partial charge in [0.25, 0.3) is 0 Å². The summed E-state index contributed by atoms with van der Waals surface area (Å²) < 4.78 is 1.08. The van der Waals surface area contributed by atoms with Crippen LogP contribution >= 0.6 is 22.6 Å². The van der Waals surface area contributed by atoms with E-state index in [0.29, 0.717) is 17.8 Å². The molecule has 3 unspecified atom stereocenters. The molecule has 0 spiro atoms. The maximum atomic E-state index is 5.32. The second-order valence-corrected chi connectivity index (χ2v) is 8.74. The van der Waals surface area contributed by atoms with Crippen molar-refractivity contribution >= 4 is 22.6 Å². The van der Waals surface area contributed by atoms with E-state index in [1.807, 2.05) is 6.08 Å². The number of hydrogen-bond acceptors (Lipinski definition) is 0. The molecule has 3 atom stereocenters. The molecule has 0 aliphatic heterocycles. The second-order valence-electron chi connectivity index (χ2n) is 7.44. The van der Waals surface area contributed by atoms with Gasteiger partial charge in [-0.25, -0.2) is 0 Å². The van der Waals surface area contributed by atoms with E-state index in [4.69, 9.17) is 6.42 Å². The quantitative estimate of drug-likeness (QED) is 0.240. The van der Waals surface area contributed by atoms with Gasteiger partial charge < -0.3 is 0 Å². The van der Waals surface area contributed by atoms with Crippen molar-refractivity contribution in [3.05, 3.63) is 93.2 Å². The van der Waals surface area contributed by atoms with Crippen molar-refractivity contribution in [2.45, 2.75) is 26.2 Å². The first-order valence-corrected chi connectivity index (χ1v) is 10.1. The molecule has 1 heteroatoms. The molecule has 3 aliphatic carbocycles. The van der Waals surface area contributed by atoms with Gasteiger partial charge in [0, 0.05) is 15.4 Å². The van der Waals surface area contributed by atoms with Gasteiger partial charge in [-0.3, -0.25) is 0 Å². The zero-order valence-corrected chi connectivity index (χ0v) is 17.6. The minimum absolute atomic E-state index is 0.387. The highest BCUT2D eigenvalue weighted by molar-refractivity contribution is 14.1. The summed E-state index contributed by atoms with van der Waals surface area (Å²) in [6.07, 6.45) is 16.5. The Kier molecular flexibility index (Phi) is 5.44. The van der Waals surface area contributed by atoms with E-state index in [1.165, 1.54) is 33.4 Å². The summed E-state index contributed by atoms with van der Waals surface area (Å²) in [5.74, 6) is 3.95. The van der Waals surface area contributed by atoms with E-state index < -0.39 is 0 Å². The number of hydrogen-bond donors (Lipinski definition) is 0. The van der Waals surface area contributed by atoms with Crippen molar-refractivity contribution in [2.75, 3.05) is 0 Å². The number of allylic oxidation sites excluding steroid dienone is 12. The molecule has 3 aliphatic rings. The van der Waals surface area contributed by atoms with Crippen LogP contribution in [0.25, 0.3) is 0 Å². The average molecular weight is 452 g/mol. The third-order valence-corrected chi connectivity index (χ3v) is 6.58. The number of terminal acetylenes is 1. The van der Waals surface area contributed by atoms with Crippen LogP contribution in [0.2, 0.25) is 0 Å². The van der Waals surface area contributed by atoms with Crippen molar-refractivity contribution in [1.29, 1.82) is 0 Å². The van der Waals surface area contributed by atoms with E-state index in [2.05, 4.69) is 73.9 Å². The highest BCUT2D eigenvalue weighted by atomic mass is 127. The van der Waals surface area contributed by atoms with Gasteiger partial charge in [0.05, 0.1) is 0 Å². The monoisotopic (exact) mass is 452 g/mol. The largest absolute Gasteiger partial charge is 0.115 e. The average Bonchev–Trinajstić information content (AvgIpc) is 2.58. The summed E-state index contributed by atoms with van der Waals surface area (Å²) in [5, 5.41) is 0.